The summed E-state index contributed by atoms with van der Waals surface area (Å²) in [4.78, 5) is 0. The summed E-state index contributed by atoms with van der Waals surface area (Å²) in [5.74, 6) is 0.364. The Hall–Kier alpha value is -1.06. The summed E-state index contributed by atoms with van der Waals surface area (Å²) in [6.07, 6.45) is 5.52. The Bertz CT molecular complexity index is 452. The van der Waals surface area contributed by atoms with E-state index >= 15 is 0 Å². The second kappa shape index (κ2) is 6.15. The molecule has 1 aromatic rings. The number of benzene rings is 1. The van der Waals surface area contributed by atoms with Crippen LogP contribution in [0.2, 0.25) is 0 Å². The molecular weight excluding hydrogens is 250 g/mol. The molecule has 0 amide bonds. The van der Waals surface area contributed by atoms with Gasteiger partial charge in [0, 0.05) is 13.5 Å². The molecule has 1 aliphatic rings. The number of phenolic OH excluding ortho intramolecular Hbond substituents is 1. The minimum Gasteiger partial charge on any atom is -0.508 e. The molecule has 0 aromatic heterocycles. The van der Waals surface area contributed by atoms with E-state index in [9.17, 15) is 5.11 Å². The van der Waals surface area contributed by atoms with Crippen molar-refractivity contribution >= 4 is 0 Å². The first-order chi connectivity index (χ1) is 9.58. The summed E-state index contributed by atoms with van der Waals surface area (Å²) in [5, 5.41) is 9.91. The van der Waals surface area contributed by atoms with Crippen molar-refractivity contribution < 1.29 is 15.6 Å². The zero-order chi connectivity index (χ0) is 14.8. The van der Waals surface area contributed by atoms with Gasteiger partial charge in [-0.15, -0.1) is 0 Å². The van der Waals surface area contributed by atoms with E-state index in [-0.39, 0.29) is 17.6 Å². The highest BCUT2D eigenvalue weighted by Gasteiger charge is 2.48. The van der Waals surface area contributed by atoms with Gasteiger partial charge in [-0.05, 0) is 36.1 Å². The van der Waals surface area contributed by atoms with Crippen LogP contribution in [-0.2, 0) is 16.6 Å². The number of phenols is 1. The monoisotopic (exact) mass is 278 g/mol. The van der Waals surface area contributed by atoms with Gasteiger partial charge in [0.25, 0.3) is 0 Å². The lowest BCUT2D eigenvalue weighted by Gasteiger charge is -2.45. The lowest BCUT2D eigenvalue weighted by Crippen LogP contribution is -2.76. The van der Waals surface area contributed by atoms with Crippen LogP contribution in [0.5, 0.6) is 5.75 Å². The normalized spacial score (nSPS) is 24.4. The number of fused-ring (bicyclic) bond motifs is 1. The largest absolute Gasteiger partial charge is 0.508 e. The molecule has 0 radical (unpaired) electrons. The molecule has 0 heterocycles. The maximum absolute atomic E-state index is 9.91. The number of rotatable bonds is 5. The van der Waals surface area contributed by atoms with Crippen molar-refractivity contribution in [3.05, 3.63) is 29.3 Å². The fourth-order valence-electron chi connectivity index (χ4n) is 4.03. The van der Waals surface area contributed by atoms with Gasteiger partial charge in [0.1, 0.15) is 17.9 Å². The van der Waals surface area contributed by atoms with Crippen LogP contribution < -0.4 is 5.73 Å². The average molecular weight is 278 g/mol. The van der Waals surface area contributed by atoms with E-state index in [0.29, 0.717) is 5.75 Å². The summed E-state index contributed by atoms with van der Waals surface area (Å²) >= 11 is 0. The molecule has 3 heteroatoms. The van der Waals surface area contributed by atoms with Crippen LogP contribution in [-0.4, -0.2) is 24.4 Å². The first kappa shape index (κ1) is 15.3. The highest BCUT2D eigenvalue weighted by Crippen LogP contribution is 2.44. The molecule has 1 aliphatic carbocycles. The molecule has 0 saturated carbocycles. The van der Waals surface area contributed by atoms with Crippen LogP contribution >= 0.6 is 0 Å². The highest BCUT2D eigenvalue weighted by molar-refractivity contribution is 5.44. The topological polar surface area (TPSA) is 57.1 Å². The third-order valence-corrected chi connectivity index (χ3v) is 4.90. The molecular formula is C17H28NO2+. The number of aromatic hydroxyl groups is 1. The fourth-order valence-corrected chi connectivity index (χ4v) is 4.03. The van der Waals surface area contributed by atoms with Gasteiger partial charge in [-0.1, -0.05) is 32.8 Å². The van der Waals surface area contributed by atoms with Crippen LogP contribution in [0.1, 0.15) is 50.7 Å². The molecule has 0 saturated heterocycles. The van der Waals surface area contributed by atoms with Gasteiger partial charge >= 0.3 is 0 Å². The maximum Gasteiger partial charge on any atom is 0.121 e. The molecule has 0 fully saturated rings. The Morgan fingerprint density at radius 1 is 1.30 bits per heavy atom. The summed E-state index contributed by atoms with van der Waals surface area (Å²) in [5.41, 5.74) is 7.12. The standard InChI is InChI=1S/C17H27NO2/c1-4-8-17(9-5-2)14-11-13(19)7-6-12(14)10-15(20-3)16(17)18/h6-7,11,15-16,19H,4-5,8-10,18H2,1-3H3/p+1. The van der Waals surface area contributed by atoms with Crippen LogP contribution in [0.15, 0.2) is 18.2 Å². The molecule has 4 N–H and O–H groups in total. The van der Waals surface area contributed by atoms with Crippen LogP contribution in [0.3, 0.4) is 0 Å². The van der Waals surface area contributed by atoms with Crippen LogP contribution in [0, 0.1) is 0 Å². The van der Waals surface area contributed by atoms with E-state index < -0.39 is 0 Å². The molecule has 0 aliphatic heterocycles. The van der Waals surface area contributed by atoms with Crippen molar-refractivity contribution in [3.63, 3.8) is 0 Å². The fraction of sp³-hybridized carbons (Fsp3) is 0.647. The number of hydrogen-bond acceptors (Lipinski definition) is 2. The van der Waals surface area contributed by atoms with E-state index in [4.69, 9.17) is 4.74 Å². The van der Waals surface area contributed by atoms with E-state index in [2.05, 4.69) is 25.6 Å². The predicted molar refractivity (Wildman–Crippen MR) is 80.8 cm³/mol. The number of methoxy groups -OCH3 is 1. The third-order valence-electron chi connectivity index (χ3n) is 4.90. The Morgan fingerprint density at radius 2 is 1.95 bits per heavy atom. The van der Waals surface area contributed by atoms with Gasteiger partial charge in [0.2, 0.25) is 0 Å². The van der Waals surface area contributed by atoms with E-state index in [0.717, 1.165) is 32.1 Å². The second-order valence-electron chi connectivity index (χ2n) is 6.08. The van der Waals surface area contributed by atoms with Crippen molar-refractivity contribution in [2.45, 2.75) is 63.5 Å². The zero-order valence-corrected chi connectivity index (χ0v) is 13.0. The average Bonchev–Trinajstić information content (AvgIpc) is 2.44. The minimum atomic E-state index is 0.0382. The molecule has 1 aromatic carbocycles. The maximum atomic E-state index is 9.91. The Labute approximate surface area is 122 Å². The predicted octanol–water partition coefficient (Wildman–Crippen LogP) is 2.41. The van der Waals surface area contributed by atoms with E-state index in [1.807, 2.05) is 6.07 Å². The third kappa shape index (κ3) is 2.45. The summed E-state index contributed by atoms with van der Waals surface area (Å²) in [6.45, 7) is 4.45. The van der Waals surface area contributed by atoms with Crippen LogP contribution in [0.25, 0.3) is 0 Å². The molecule has 112 valence electrons. The SMILES string of the molecule is CCCC1(CCC)c2cc(O)ccc2CC(OC)C1[NH3+]. The lowest BCUT2D eigenvalue weighted by molar-refractivity contribution is -0.459. The first-order valence-corrected chi connectivity index (χ1v) is 7.77. The Balaban J connectivity index is 2.57. The minimum absolute atomic E-state index is 0.0382. The quantitative estimate of drug-likeness (QED) is 0.869. The molecule has 0 bridgehead atoms. The summed E-state index contributed by atoms with van der Waals surface area (Å²) < 4.78 is 5.71. The van der Waals surface area contributed by atoms with Crippen molar-refractivity contribution in [1.29, 1.82) is 0 Å². The Kier molecular flexibility index (Phi) is 4.71. The smallest absolute Gasteiger partial charge is 0.121 e. The van der Waals surface area contributed by atoms with Crippen LogP contribution in [0.4, 0.5) is 0 Å². The summed E-state index contributed by atoms with van der Waals surface area (Å²) in [6, 6.07) is 6.05. The van der Waals surface area contributed by atoms with Gasteiger partial charge in [-0.2, -0.15) is 0 Å². The number of quaternary nitrogens is 1. The van der Waals surface area contributed by atoms with Gasteiger partial charge in [-0.25, -0.2) is 0 Å². The lowest BCUT2D eigenvalue weighted by atomic mass is 9.61. The van der Waals surface area contributed by atoms with Crippen molar-refractivity contribution in [2.24, 2.45) is 0 Å². The molecule has 3 nitrogen and oxygen atoms in total. The highest BCUT2D eigenvalue weighted by atomic mass is 16.5. The van der Waals surface area contributed by atoms with E-state index in [1.165, 1.54) is 11.1 Å². The number of hydrogen-bond donors (Lipinski definition) is 2. The van der Waals surface area contributed by atoms with Gasteiger partial charge in [0.05, 0.1) is 5.41 Å². The summed E-state index contributed by atoms with van der Waals surface area (Å²) in [7, 11) is 1.79. The molecule has 2 rings (SSSR count). The van der Waals surface area contributed by atoms with Gasteiger partial charge in [0.15, 0.2) is 0 Å². The van der Waals surface area contributed by atoms with Gasteiger partial charge < -0.3 is 15.6 Å². The second-order valence-corrected chi connectivity index (χ2v) is 6.08. The number of ether oxygens (including phenoxy) is 1. The van der Waals surface area contributed by atoms with Crippen molar-refractivity contribution in [2.75, 3.05) is 7.11 Å². The molecule has 2 unspecified atom stereocenters. The molecule has 20 heavy (non-hydrogen) atoms. The van der Waals surface area contributed by atoms with E-state index in [1.54, 1.807) is 13.2 Å². The molecule has 0 spiro atoms. The van der Waals surface area contributed by atoms with Crippen molar-refractivity contribution in [1.82, 2.24) is 0 Å². The molecule has 2 atom stereocenters. The van der Waals surface area contributed by atoms with Gasteiger partial charge in [-0.3, -0.25) is 0 Å². The Morgan fingerprint density at radius 3 is 2.50 bits per heavy atom. The first-order valence-electron chi connectivity index (χ1n) is 7.77. The zero-order valence-electron chi connectivity index (χ0n) is 13.0. The van der Waals surface area contributed by atoms with Crippen molar-refractivity contribution in [3.8, 4) is 5.75 Å².